The Morgan fingerprint density at radius 1 is 0.912 bits per heavy atom. The van der Waals surface area contributed by atoms with Crippen LogP contribution in [-0.2, 0) is 4.79 Å². The summed E-state index contributed by atoms with van der Waals surface area (Å²) >= 11 is 0. The van der Waals surface area contributed by atoms with Crippen molar-refractivity contribution in [2.45, 2.75) is 0 Å². The van der Waals surface area contributed by atoms with Crippen LogP contribution in [0.1, 0.15) is 11.3 Å². The Bertz CT molecular complexity index is 1280. The van der Waals surface area contributed by atoms with Gasteiger partial charge < -0.3 is 25.0 Å². The molecule has 4 aromatic rings. The minimum Gasteiger partial charge on any atom is -0.493 e. The van der Waals surface area contributed by atoms with Gasteiger partial charge >= 0.3 is 0 Å². The first-order chi connectivity index (χ1) is 16.2. The number of hydrogen-bond acceptors (Lipinski definition) is 7. The third kappa shape index (κ3) is 5.84. The molecule has 4 rings (SSSR count). The van der Waals surface area contributed by atoms with Gasteiger partial charge in [0.1, 0.15) is 5.69 Å². The van der Waals surface area contributed by atoms with Gasteiger partial charge in [-0.25, -0.2) is 9.97 Å². The van der Waals surface area contributed by atoms with Gasteiger partial charge in [-0.1, -0.05) is 24.3 Å². The minimum absolute atomic E-state index is 0. The summed E-state index contributed by atoms with van der Waals surface area (Å²) in [5.74, 6) is 0.981. The number of hydrogen-bond donors (Lipinski definition) is 1. The molecule has 174 valence electrons. The number of nitrogens with one attached hydrogen (secondary N) is 1. The Kier molecular flexibility index (Phi) is 8.09. The molecule has 9 heteroatoms. The molecule has 0 aliphatic carbocycles. The van der Waals surface area contributed by atoms with Crippen LogP contribution in [-0.4, -0.2) is 47.2 Å². The molecule has 9 nitrogen and oxygen atoms in total. The van der Waals surface area contributed by atoms with E-state index >= 15 is 0 Å². The van der Waals surface area contributed by atoms with Gasteiger partial charge in [-0.05, 0) is 35.9 Å². The van der Waals surface area contributed by atoms with E-state index in [4.69, 9.17) is 14.2 Å². The van der Waals surface area contributed by atoms with Crippen LogP contribution in [0, 0.1) is 0 Å². The van der Waals surface area contributed by atoms with Crippen molar-refractivity contribution in [3.63, 3.8) is 0 Å². The lowest BCUT2D eigenvalue weighted by atomic mass is 10.2. The zero-order valence-electron chi connectivity index (χ0n) is 18.7. The number of ether oxygens (including phenoxy) is 3. The Labute approximate surface area is 196 Å². The third-order valence-electron chi connectivity index (χ3n) is 4.70. The van der Waals surface area contributed by atoms with Crippen LogP contribution in [0.15, 0.2) is 67.0 Å². The van der Waals surface area contributed by atoms with E-state index in [2.05, 4.69) is 20.3 Å². The second-order valence-corrected chi connectivity index (χ2v) is 6.93. The number of amides is 1. The van der Waals surface area contributed by atoms with Crippen LogP contribution in [0.2, 0.25) is 0 Å². The SMILES string of the molecule is COc1cc2nc(/C=C\c3ccncc3)c(OCC(=O)Nc3ccccc3)nc2cc1OC.O. The maximum Gasteiger partial charge on any atom is 0.262 e. The topological polar surface area (TPSA) is 127 Å². The van der Waals surface area contributed by atoms with Gasteiger partial charge in [0.05, 0.1) is 25.3 Å². The van der Waals surface area contributed by atoms with Gasteiger partial charge in [-0.2, -0.15) is 0 Å². The Morgan fingerprint density at radius 3 is 2.21 bits per heavy atom. The molecule has 2 aromatic heterocycles. The van der Waals surface area contributed by atoms with E-state index in [1.54, 1.807) is 57.0 Å². The molecule has 0 spiro atoms. The summed E-state index contributed by atoms with van der Waals surface area (Å²) in [5.41, 5.74) is 3.24. The van der Waals surface area contributed by atoms with Crippen LogP contribution in [0.25, 0.3) is 23.2 Å². The lowest BCUT2D eigenvalue weighted by Crippen LogP contribution is -2.20. The molecule has 0 saturated heterocycles. The summed E-state index contributed by atoms with van der Waals surface area (Å²) in [4.78, 5) is 25.7. The van der Waals surface area contributed by atoms with Crippen molar-refractivity contribution in [1.29, 1.82) is 0 Å². The van der Waals surface area contributed by atoms with Crippen LogP contribution in [0.4, 0.5) is 5.69 Å². The lowest BCUT2D eigenvalue weighted by Gasteiger charge is -2.12. The molecule has 0 aliphatic rings. The number of para-hydroxylation sites is 1. The highest BCUT2D eigenvalue weighted by atomic mass is 16.5. The molecular formula is C25H24N4O5. The molecule has 0 aliphatic heterocycles. The van der Waals surface area contributed by atoms with E-state index in [-0.39, 0.29) is 23.9 Å². The summed E-state index contributed by atoms with van der Waals surface area (Å²) in [6.45, 7) is -0.224. The molecule has 0 atom stereocenters. The second-order valence-electron chi connectivity index (χ2n) is 6.93. The molecule has 34 heavy (non-hydrogen) atoms. The first-order valence-corrected chi connectivity index (χ1v) is 10.2. The van der Waals surface area contributed by atoms with Crippen molar-refractivity contribution in [2.24, 2.45) is 0 Å². The number of methoxy groups -OCH3 is 2. The predicted molar refractivity (Wildman–Crippen MR) is 130 cm³/mol. The summed E-state index contributed by atoms with van der Waals surface area (Å²) in [5, 5.41) is 2.79. The summed E-state index contributed by atoms with van der Waals surface area (Å²) in [7, 11) is 3.11. The van der Waals surface area contributed by atoms with Crippen molar-refractivity contribution in [2.75, 3.05) is 26.1 Å². The molecule has 0 unspecified atom stereocenters. The fraction of sp³-hybridized carbons (Fsp3) is 0.120. The Hall–Kier alpha value is -4.50. The summed E-state index contributed by atoms with van der Waals surface area (Å²) in [6.07, 6.45) is 7.06. The monoisotopic (exact) mass is 460 g/mol. The van der Waals surface area contributed by atoms with Gasteiger partial charge in [0.15, 0.2) is 18.1 Å². The fourth-order valence-electron chi connectivity index (χ4n) is 3.10. The molecule has 0 bridgehead atoms. The third-order valence-corrected chi connectivity index (χ3v) is 4.70. The largest absolute Gasteiger partial charge is 0.493 e. The average molecular weight is 460 g/mol. The molecule has 3 N–H and O–H groups in total. The van der Waals surface area contributed by atoms with E-state index in [0.29, 0.717) is 33.9 Å². The number of carbonyl (C=O) groups excluding carboxylic acids is 1. The number of benzene rings is 2. The minimum atomic E-state index is -0.306. The fourth-order valence-corrected chi connectivity index (χ4v) is 3.10. The van der Waals surface area contributed by atoms with Crippen molar-refractivity contribution < 1.29 is 24.5 Å². The van der Waals surface area contributed by atoms with Gasteiger partial charge in [-0.3, -0.25) is 9.78 Å². The highest BCUT2D eigenvalue weighted by Crippen LogP contribution is 2.32. The van der Waals surface area contributed by atoms with Gasteiger partial charge in [0.25, 0.3) is 5.91 Å². The van der Waals surface area contributed by atoms with E-state index in [1.165, 1.54) is 0 Å². The number of nitrogens with zero attached hydrogens (tertiary/aromatic N) is 3. The standard InChI is InChI=1S/C25H22N4O4.H2O/c1-31-22-14-20-21(15-23(22)32-2)29-25(19(28-20)9-8-17-10-12-26-13-11-17)33-16-24(30)27-18-6-4-3-5-7-18;/h3-15H,16H2,1-2H3,(H,27,30);1H2/b9-8-;. The zero-order valence-corrected chi connectivity index (χ0v) is 18.7. The normalized spacial score (nSPS) is 10.5. The quantitative estimate of drug-likeness (QED) is 0.427. The molecule has 0 saturated carbocycles. The van der Waals surface area contributed by atoms with Crippen molar-refractivity contribution in [3.05, 3.63) is 78.2 Å². The number of pyridine rings is 1. The molecule has 0 radical (unpaired) electrons. The Morgan fingerprint density at radius 2 is 1.56 bits per heavy atom. The smallest absolute Gasteiger partial charge is 0.262 e. The maximum absolute atomic E-state index is 12.4. The van der Waals surface area contributed by atoms with Gasteiger partial charge in [0.2, 0.25) is 5.88 Å². The van der Waals surface area contributed by atoms with E-state index in [0.717, 1.165) is 5.56 Å². The first kappa shape index (κ1) is 24.1. The lowest BCUT2D eigenvalue weighted by molar-refractivity contribution is -0.118. The Balaban J connectivity index is 0.00000324. The molecule has 0 fully saturated rings. The molecular weight excluding hydrogens is 436 g/mol. The van der Waals surface area contributed by atoms with E-state index in [9.17, 15) is 4.79 Å². The number of aromatic nitrogens is 3. The number of rotatable bonds is 8. The summed E-state index contributed by atoms with van der Waals surface area (Å²) in [6, 6.07) is 16.4. The highest BCUT2D eigenvalue weighted by Gasteiger charge is 2.14. The highest BCUT2D eigenvalue weighted by molar-refractivity contribution is 5.92. The van der Waals surface area contributed by atoms with Gasteiger partial charge in [0, 0.05) is 30.2 Å². The molecule has 2 heterocycles. The van der Waals surface area contributed by atoms with Crippen LogP contribution >= 0.6 is 0 Å². The van der Waals surface area contributed by atoms with Gasteiger partial charge in [-0.15, -0.1) is 0 Å². The van der Waals surface area contributed by atoms with E-state index in [1.807, 2.05) is 36.4 Å². The van der Waals surface area contributed by atoms with Crippen LogP contribution < -0.4 is 19.5 Å². The molecule has 1 amide bonds. The van der Waals surface area contributed by atoms with E-state index < -0.39 is 0 Å². The predicted octanol–water partition coefficient (Wildman–Crippen LogP) is 3.41. The average Bonchev–Trinajstić information content (AvgIpc) is 2.86. The summed E-state index contributed by atoms with van der Waals surface area (Å²) < 4.78 is 16.5. The maximum atomic E-state index is 12.4. The van der Waals surface area contributed by atoms with Crippen LogP contribution in [0.3, 0.4) is 0 Å². The van der Waals surface area contributed by atoms with Crippen molar-refractivity contribution >= 4 is 34.8 Å². The first-order valence-electron chi connectivity index (χ1n) is 10.2. The number of fused-ring (bicyclic) bond motifs is 1. The zero-order chi connectivity index (χ0) is 23.0. The number of anilines is 1. The van der Waals surface area contributed by atoms with Crippen molar-refractivity contribution in [1.82, 2.24) is 15.0 Å². The van der Waals surface area contributed by atoms with Crippen LogP contribution in [0.5, 0.6) is 17.4 Å². The number of carbonyl (C=O) groups is 1. The second kappa shape index (κ2) is 11.4. The molecule has 2 aromatic carbocycles. The van der Waals surface area contributed by atoms with Crippen molar-refractivity contribution in [3.8, 4) is 17.4 Å².